The molecule has 12 fully saturated rings. The Balaban J connectivity index is 0.000000131. The van der Waals surface area contributed by atoms with Crippen molar-refractivity contribution < 1.29 is 43.9 Å². The maximum atomic E-state index is 13.4. The number of ether oxygens (including phenoxy) is 3. The summed E-state index contributed by atoms with van der Waals surface area (Å²) < 4.78 is 20.9. The number of carbonyl (C=O) groups excluding carboxylic acids is 3. The van der Waals surface area contributed by atoms with Gasteiger partial charge in [-0.3, -0.25) is 19.1 Å². The van der Waals surface area contributed by atoms with Crippen molar-refractivity contribution in [3.05, 3.63) is 29.6 Å². The monoisotopic (exact) mass is 1340 g/mol. The summed E-state index contributed by atoms with van der Waals surface area (Å²) in [6, 6.07) is 3.72. The van der Waals surface area contributed by atoms with E-state index in [-0.39, 0.29) is 74.9 Å². The lowest BCUT2D eigenvalue weighted by molar-refractivity contribution is -0.175. The van der Waals surface area contributed by atoms with Crippen molar-refractivity contribution in [2.24, 2.45) is 121 Å². The zero-order valence-corrected chi connectivity index (χ0v) is 60.9. The number of tetrazole rings is 2. The molecule has 20 heteroatoms. The number of fused-ring (bicyclic) bond motifs is 15. The predicted octanol–water partition coefficient (Wildman–Crippen LogP) is 11.5. The first kappa shape index (κ1) is 71.0. The number of aliphatic hydroxyl groups is 3. The van der Waals surface area contributed by atoms with Gasteiger partial charge in [-0.1, -0.05) is 20.8 Å². The number of rotatable bonds is 15. The third-order valence-electron chi connectivity index (χ3n) is 31.3. The standard InChI is InChI=1S/C27H39N3O3.2C25H40N4O3/c1-25(32)11-12-27(17-33-3)18(14-25)4-5-20-21-6-7-23(26(21,2)10-8-22(20)27)24(31)16-30-13-9-19(15-28)29-30;1-16-26-27-28-29(16)14-22(30)21-8-7-19-18-6-5-17-13-23(2,31)11-12-25(17,15-32-4)20(18)9-10-24(19,21)3;1-16-26-28-29(27-16)14-22(30)21-8-7-19-18-6-5-17-13-23(2,31)11-12-25(17,15-32-4)20(18)9-10-24(19,21)3/h9,13,18,20-23,32H,4-8,10-12,14,16-17H2,1-3H3;2*17-21,31H,5-15H2,1-4H3/t18-,20-,21-,22-,23+,25+,26-,27+;2*17-,18-,19-,20-,21+,23+,24-,25+/m000/s1. The van der Waals surface area contributed by atoms with Gasteiger partial charge in [-0.25, -0.2) is 4.68 Å². The second-order valence-corrected chi connectivity index (χ2v) is 36.2. The number of carbonyl (C=O) groups is 3. The van der Waals surface area contributed by atoms with Gasteiger partial charge < -0.3 is 29.5 Å². The Kier molecular flexibility index (Phi) is 19.6. The number of Topliss-reactive ketones (excluding diaryl/α,β-unsaturated/α-hetero) is 3. The number of nitrogens with zero attached hydrogens (tertiary/aromatic N) is 11. The van der Waals surface area contributed by atoms with Crippen LogP contribution in [0, 0.1) is 146 Å². The molecule has 0 saturated heterocycles. The van der Waals surface area contributed by atoms with Crippen LogP contribution in [0.2, 0.25) is 0 Å². The van der Waals surface area contributed by atoms with Crippen molar-refractivity contribution >= 4 is 17.3 Å². The third-order valence-corrected chi connectivity index (χ3v) is 31.3. The van der Waals surface area contributed by atoms with Gasteiger partial charge in [-0.15, -0.1) is 15.3 Å². The third kappa shape index (κ3) is 12.6. The van der Waals surface area contributed by atoms with Gasteiger partial charge in [-0.05, 0) is 333 Å². The molecular weight excluding hydrogens is 1220 g/mol. The Morgan fingerprint density at radius 3 is 1.25 bits per heavy atom. The Labute approximate surface area is 577 Å². The Bertz CT molecular complexity index is 3370. The highest BCUT2D eigenvalue weighted by molar-refractivity contribution is 5.83. The van der Waals surface area contributed by atoms with Crippen LogP contribution >= 0.6 is 0 Å². The molecule has 0 amide bonds. The molecule has 0 aliphatic heterocycles. The first-order valence-corrected chi connectivity index (χ1v) is 38.2. The van der Waals surface area contributed by atoms with Crippen molar-refractivity contribution in [1.29, 1.82) is 5.26 Å². The van der Waals surface area contributed by atoms with E-state index in [0.717, 1.165) is 135 Å². The van der Waals surface area contributed by atoms with E-state index in [2.05, 4.69) is 56.8 Å². The largest absolute Gasteiger partial charge is 0.390 e. The number of hydrogen-bond donors (Lipinski definition) is 3. The summed E-state index contributed by atoms with van der Waals surface area (Å²) in [6.07, 6.45) is 30.9. The van der Waals surface area contributed by atoms with Gasteiger partial charge in [0.25, 0.3) is 0 Å². The van der Waals surface area contributed by atoms with Gasteiger partial charge in [-0.2, -0.15) is 15.2 Å². The number of methoxy groups -OCH3 is 3. The average Bonchev–Trinajstić information content (AvgIpc) is 1.71. The molecule has 12 aliphatic rings. The van der Waals surface area contributed by atoms with Crippen molar-refractivity contribution in [3.8, 4) is 6.07 Å². The van der Waals surface area contributed by atoms with Crippen LogP contribution in [0.3, 0.4) is 0 Å². The zero-order chi connectivity index (χ0) is 68.9. The molecule has 20 nitrogen and oxygen atoms in total. The molecule has 3 aromatic rings. The smallest absolute Gasteiger partial charge is 0.171 e. The SMILES string of the molecule is COC[C@]12CC[C@@](C)(O)C[C@@H]1CC[C@H]1[C@@H]3CC[C@H](C(=O)Cn4ccc(C#N)n4)[C@@]3(C)CC[C@@H]12.COC[C@]12CC[C@@](C)(O)C[C@@H]1CC[C@H]1[C@@H]3CC[C@H](C(=O)Cn4nnc(C)n4)[C@@]3(C)CC[C@@H]12.COC[C@]12CC[C@@](C)(O)C[C@@H]1CC[C@H]1[C@@H]3CC[C@H](C(=O)Cn4nnnc4C)[C@@]3(C)CC[C@@H]12. The summed E-state index contributed by atoms with van der Waals surface area (Å²) in [7, 11) is 5.53. The van der Waals surface area contributed by atoms with Gasteiger partial charge in [0.05, 0.1) is 43.2 Å². The minimum Gasteiger partial charge on any atom is -0.390 e. The Hall–Kier alpha value is -4.39. The highest BCUT2D eigenvalue weighted by atomic mass is 16.5. The molecule has 0 aromatic carbocycles. The maximum Gasteiger partial charge on any atom is 0.171 e. The van der Waals surface area contributed by atoms with E-state index < -0.39 is 16.8 Å². The van der Waals surface area contributed by atoms with Gasteiger partial charge in [0, 0.05) is 45.3 Å². The average molecular weight is 1340 g/mol. The van der Waals surface area contributed by atoms with Crippen LogP contribution < -0.4 is 0 Å². The molecule has 24 atom stereocenters. The highest BCUT2D eigenvalue weighted by Crippen LogP contribution is 2.72. The molecule has 536 valence electrons. The minimum absolute atomic E-state index is 0.0602. The quantitative estimate of drug-likeness (QED) is 0.128. The van der Waals surface area contributed by atoms with Crippen LogP contribution in [0.25, 0.3) is 0 Å². The maximum absolute atomic E-state index is 13.4. The lowest BCUT2D eigenvalue weighted by atomic mass is 9.43. The van der Waals surface area contributed by atoms with Crippen LogP contribution in [0.4, 0.5) is 0 Å². The van der Waals surface area contributed by atoms with E-state index in [0.29, 0.717) is 101 Å². The summed E-state index contributed by atoms with van der Waals surface area (Å²) in [5.74, 6) is 9.90. The second-order valence-electron chi connectivity index (χ2n) is 36.2. The molecular formula is C77H119N11O9. The molecule has 12 aliphatic carbocycles. The van der Waals surface area contributed by atoms with Crippen molar-refractivity contribution in [2.75, 3.05) is 41.2 Å². The number of aromatic nitrogens is 10. The number of aryl methyl sites for hydroxylation is 2. The summed E-state index contributed by atoms with van der Waals surface area (Å²) in [6.45, 7) is 20.1. The molecule has 3 heterocycles. The molecule has 0 unspecified atom stereocenters. The molecule has 15 rings (SSSR count). The van der Waals surface area contributed by atoms with Gasteiger partial charge >= 0.3 is 0 Å². The van der Waals surface area contributed by atoms with Crippen molar-refractivity contribution in [2.45, 2.75) is 265 Å². The van der Waals surface area contributed by atoms with Gasteiger partial charge in [0.1, 0.15) is 25.0 Å². The van der Waals surface area contributed by atoms with E-state index in [1.165, 1.54) is 62.6 Å². The van der Waals surface area contributed by atoms with Crippen LogP contribution in [0.1, 0.15) is 232 Å². The first-order valence-electron chi connectivity index (χ1n) is 38.2. The fourth-order valence-corrected chi connectivity index (χ4v) is 27.0. The molecule has 3 N–H and O–H groups in total. The summed E-state index contributed by atoms with van der Waals surface area (Å²) >= 11 is 0. The fraction of sp³-hybridized carbons (Fsp3) is 0.883. The topological polar surface area (TPSA) is 268 Å². The first-order chi connectivity index (χ1) is 46.1. The van der Waals surface area contributed by atoms with E-state index in [1.807, 2.05) is 55.1 Å². The number of nitriles is 1. The van der Waals surface area contributed by atoms with Crippen LogP contribution in [0.15, 0.2) is 12.3 Å². The highest BCUT2D eigenvalue weighted by Gasteiger charge is 2.67. The van der Waals surface area contributed by atoms with Gasteiger partial charge in [0.15, 0.2) is 28.9 Å². The van der Waals surface area contributed by atoms with Crippen molar-refractivity contribution in [1.82, 2.24) is 50.2 Å². The number of hydrogen-bond acceptors (Lipinski definition) is 17. The molecule has 97 heavy (non-hydrogen) atoms. The second kappa shape index (κ2) is 26.8. The number of ketones is 3. The lowest BCUT2D eigenvalue weighted by Crippen LogP contribution is -2.58. The zero-order valence-electron chi connectivity index (χ0n) is 60.9. The molecule has 12 saturated carbocycles. The molecule has 0 spiro atoms. The summed E-state index contributed by atoms with van der Waals surface area (Å²) in [4.78, 5) is 41.6. The minimum atomic E-state index is -0.541. The van der Waals surface area contributed by atoms with Crippen LogP contribution in [0.5, 0.6) is 0 Å². The van der Waals surface area contributed by atoms with E-state index in [1.54, 1.807) is 28.6 Å². The fourth-order valence-electron chi connectivity index (χ4n) is 27.0. The molecule has 3 aromatic heterocycles. The summed E-state index contributed by atoms with van der Waals surface area (Å²) in [5, 5.41) is 69.5. The summed E-state index contributed by atoms with van der Waals surface area (Å²) in [5.41, 5.74) is -0.425. The van der Waals surface area contributed by atoms with E-state index >= 15 is 0 Å². The normalized spacial score (nSPS) is 45.3. The molecule has 0 bridgehead atoms. The molecule has 0 radical (unpaired) electrons. The van der Waals surface area contributed by atoms with Gasteiger partial charge in [0.2, 0.25) is 0 Å². The Morgan fingerprint density at radius 1 is 0.495 bits per heavy atom. The van der Waals surface area contributed by atoms with Crippen LogP contribution in [-0.4, -0.2) is 141 Å². The van der Waals surface area contributed by atoms with E-state index in [4.69, 9.17) is 19.5 Å². The predicted molar refractivity (Wildman–Crippen MR) is 363 cm³/mol. The van der Waals surface area contributed by atoms with E-state index in [9.17, 15) is 29.7 Å². The van der Waals surface area contributed by atoms with Crippen LogP contribution in [-0.2, 0) is 48.2 Å². The Morgan fingerprint density at radius 2 is 0.897 bits per heavy atom. The van der Waals surface area contributed by atoms with Crippen molar-refractivity contribution in [3.63, 3.8) is 0 Å². The lowest BCUT2D eigenvalue weighted by Gasteiger charge is -2.62.